The minimum Gasteiger partial charge on any atom is -0.366 e. The second-order valence-electron chi connectivity index (χ2n) is 4.00. The van der Waals surface area contributed by atoms with E-state index in [4.69, 9.17) is 11.6 Å². The maximum absolute atomic E-state index is 5.87. The van der Waals surface area contributed by atoms with E-state index in [1.165, 1.54) is 0 Å². The molecule has 0 saturated heterocycles. The summed E-state index contributed by atoms with van der Waals surface area (Å²) in [5, 5.41) is 3.82. The van der Waals surface area contributed by atoms with Gasteiger partial charge in [0.15, 0.2) is 0 Å². The Hall–Kier alpha value is -1.88. The highest BCUT2D eigenvalue weighted by molar-refractivity contribution is 6.30. The zero-order valence-corrected chi connectivity index (χ0v) is 11.0. The number of pyridine rings is 1. The Balaban J connectivity index is 1.98. The Labute approximate surface area is 111 Å². The second kappa shape index (κ2) is 5.64. The molecule has 0 aliphatic heterocycles. The van der Waals surface area contributed by atoms with Crippen molar-refractivity contribution in [1.29, 1.82) is 0 Å². The van der Waals surface area contributed by atoms with Gasteiger partial charge in [-0.15, -0.1) is 0 Å². The van der Waals surface area contributed by atoms with Crippen molar-refractivity contribution in [1.82, 2.24) is 15.0 Å². The highest BCUT2D eigenvalue weighted by Crippen LogP contribution is 2.12. The average Bonchev–Trinajstić information content (AvgIpc) is 2.37. The van der Waals surface area contributed by atoms with Crippen LogP contribution in [-0.2, 0) is 6.54 Å². The van der Waals surface area contributed by atoms with E-state index >= 15 is 0 Å². The van der Waals surface area contributed by atoms with Crippen LogP contribution in [0.2, 0.25) is 5.02 Å². The third-order valence-electron chi connectivity index (χ3n) is 2.29. The van der Waals surface area contributed by atoms with Gasteiger partial charge in [0.1, 0.15) is 5.82 Å². The lowest BCUT2D eigenvalue weighted by Gasteiger charge is -2.10. The van der Waals surface area contributed by atoms with Crippen LogP contribution in [-0.4, -0.2) is 29.0 Å². The van der Waals surface area contributed by atoms with Crippen LogP contribution in [0.1, 0.15) is 5.56 Å². The molecule has 0 amide bonds. The fourth-order valence-electron chi connectivity index (χ4n) is 1.36. The Morgan fingerprint density at radius 3 is 2.56 bits per heavy atom. The van der Waals surface area contributed by atoms with Gasteiger partial charge in [0.05, 0.1) is 0 Å². The van der Waals surface area contributed by atoms with E-state index in [1.807, 2.05) is 19.0 Å². The Morgan fingerprint density at radius 1 is 1.22 bits per heavy atom. The first-order chi connectivity index (χ1) is 8.65. The quantitative estimate of drug-likeness (QED) is 0.917. The number of anilines is 2. The molecule has 0 aliphatic carbocycles. The zero-order valence-electron chi connectivity index (χ0n) is 10.3. The van der Waals surface area contributed by atoms with E-state index in [-0.39, 0.29) is 0 Å². The largest absolute Gasteiger partial charge is 0.366 e. The van der Waals surface area contributed by atoms with Gasteiger partial charge in [-0.05, 0) is 12.1 Å². The fourth-order valence-corrected chi connectivity index (χ4v) is 1.52. The molecule has 0 radical (unpaired) electrons. The van der Waals surface area contributed by atoms with Crippen molar-refractivity contribution in [2.75, 3.05) is 24.3 Å². The summed E-state index contributed by atoms with van der Waals surface area (Å²) in [6.45, 7) is 0.612. The summed E-state index contributed by atoms with van der Waals surface area (Å²) in [4.78, 5) is 14.5. The minimum absolute atomic E-state index is 0.612. The van der Waals surface area contributed by atoms with E-state index in [0.29, 0.717) is 17.5 Å². The lowest BCUT2D eigenvalue weighted by atomic mass is 10.3. The molecule has 0 bridgehead atoms. The van der Waals surface area contributed by atoms with Crippen LogP contribution in [0.15, 0.2) is 30.7 Å². The van der Waals surface area contributed by atoms with Crippen molar-refractivity contribution < 1.29 is 0 Å². The molecule has 0 unspecified atom stereocenters. The number of nitrogens with one attached hydrogen (secondary N) is 1. The van der Waals surface area contributed by atoms with Gasteiger partial charge in [0.2, 0.25) is 5.95 Å². The molecule has 0 aliphatic rings. The van der Waals surface area contributed by atoms with Crippen molar-refractivity contribution in [2.45, 2.75) is 6.54 Å². The highest BCUT2D eigenvalue weighted by atomic mass is 35.5. The van der Waals surface area contributed by atoms with Crippen LogP contribution < -0.4 is 10.2 Å². The monoisotopic (exact) mass is 263 g/mol. The molecule has 0 spiro atoms. The van der Waals surface area contributed by atoms with E-state index in [9.17, 15) is 0 Å². The van der Waals surface area contributed by atoms with Crippen molar-refractivity contribution in [3.8, 4) is 0 Å². The molecule has 2 aromatic rings. The highest BCUT2D eigenvalue weighted by Gasteiger charge is 2.00. The molecule has 6 heteroatoms. The summed E-state index contributed by atoms with van der Waals surface area (Å²) in [5.41, 5.74) is 0.988. The Bertz CT molecular complexity index is 512. The predicted octanol–water partition coefficient (Wildman–Crippen LogP) is 2.20. The third-order valence-corrected chi connectivity index (χ3v) is 2.52. The summed E-state index contributed by atoms with van der Waals surface area (Å²) < 4.78 is 0. The van der Waals surface area contributed by atoms with E-state index in [1.54, 1.807) is 30.7 Å². The second-order valence-corrected chi connectivity index (χ2v) is 4.44. The number of hydrogen-bond acceptors (Lipinski definition) is 5. The lowest BCUT2D eigenvalue weighted by molar-refractivity contribution is 0.968. The standard InChI is InChI=1S/C12H14ClN5/c1-18(2)12-16-7-9(8-17-12)6-15-11-5-10(13)3-4-14-11/h3-5,7-8H,6H2,1-2H3,(H,14,15). The maximum Gasteiger partial charge on any atom is 0.224 e. The maximum atomic E-state index is 5.87. The minimum atomic E-state index is 0.612. The van der Waals surface area contributed by atoms with Crippen LogP contribution in [0.4, 0.5) is 11.8 Å². The van der Waals surface area contributed by atoms with Gasteiger partial charge in [-0.1, -0.05) is 11.6 Å². The van der Waals surface area contributed by atoms with Gasteiger partial charge >= 0.3 is 0 Å². The SMILES string of the molecule is CN(C)c1ncc(CNc2cc(Cl)ccn2)cn1. The fraction of sp³-hybridized carbons (Fsp3) is 0.250. The van der Waals surface area contributed by atoms with Crippen LogP contribution in [0, 0.1) is 0 Å². The predicted molar refractivity (Wildman–Crippen MR) is 72.9 cm³/mol. The Morgan fingerprint density at radius 2 is 1.94 bits per heavy atom. The van der Waals surface area contributed by atoms with E-state index in [0.717, 1.165) is 11.4 Å². The molecule has 0 atom stereocenters. The van der Waals surface area contributed by atoms with Crippen LogP contribution in [0.5, 0.6) is 0 Å². The molecule has 0 aromatic carbocycles. The molecular weight excluding hydrogens is 250 g/mol. The summed E-state index contributed by atoms with van der Waals surface area (Å²) >= 11 is 5.87. The van der Waals surface area contributed by atoms with Crippen LogP contribution in [0.3, 0.4) is 0 Å². The summed E-state index contributed by atoms with van der Waals surface area (Å²) in [7, 11) is 3.81. The van der Waals surface area contributed by atoms with Gasteiger partial charge < -0.3 is 10.2 Å². The summed E-state index contributed by atoms with van der Waals surface area (Å²) in [6.07, 6.45) is 5.25. The van der Waals surface area contributed by atoms with Gasteiger partial charge in [-0.2, -0.15) is 0 Å². The molecule has 2 rings (SSSR count). The summed E-state index contributed by atoms with van der Waals surface area (Å²) in [6, 6.07) is 3.51. The van der Waals surface area contributed by atoms with Gasteiger partial charge in [-0.3, -0.25) is 0 Å². The van der Waals surface area contributed by atoms with Crippen LogP contribution in [0.25, 0.3) is 0 Å². The van der Waals surface area contributed by atoms with Crippen molar-refractivity contribution in [3.05, 3.63) is 41.3 Å². The summed E-state index contributed by atoms with van der Waals surface area (Å²) in [5.74, 6) is 1.43. The first kappa shape index (κ1) is 12.6. The molecule has 94 valence electrons. The third kappa shape index (κ3) is 3.30. The van der Waals surface area contributed by atoms with Crippen molar-refractivity contribution >= 4 is 23.4 Å². The van der Waals surface area contributed by atoms with Gasteiger partial charge in [-0.25, -0.2) is 15.0 Å². The number of aromatic nitrogens is 3. The van der Waals surface area contributed by atoms with Crippen LogP contribution >= 0.6 is 11.6 Å². The lowest BCUT2D eigenvalue weighted by Crippen LogP contribution is -2.13. The topological polar surface area (TPSA) is 53.9 Å². The molecule has 0 saturated carbocycles. The first-order valence-electron chi connectivity index (χ1n) is 5.49. The van der Waals surface area contributed by atoms with E-state index in [2.05, 4.69) is 20.3 Å². The smallest absolute Gasteiger partial charge is 0.224 e. The molecule has 18 heavy (non-hydrogen) atoms. The Kier molecular flexibility index (Phi) is 3.94. The molecule has 5 nitrogen and oxygen atoms in total. The van der Waals surface area contributed by atoms with E-state index < -0.39 is 0 Å². The molecule has 1 N–H and O–H groups in total. The molecule has 0 fully saturated rings. The molecular formula is C12H14ClN5. The number of hydrogen-bond donors (Lipinski definition) is 1. The molecule has 2 heterocycles. The molecule has 2 aromatic heterocycles. The number of rotatable bonds is 4. The van der Waals surface area contributed by atoms with Gasteiger partial charge in [0, 0.05) is 49.8 Å². The zero-order chi connectivity index (χ0) is 13.0. The normalized spacial score (nSPS) is 10.2. The van der Waals surface area contributed by atoms with Crippen molar-refractivity contribution in [2.24, 2.45) is 0 Å². The van der Waals surface area contributed by atoms with Crippen molar-refractivity contribution in [3.63, 3.8) is 0 Å². The average molecular weight is 264 g/mol. The van der Waals surface area contributed by atoms with Gasteiger partial charge in [0.25, 0.3) is 0 Å². The number of halogens is 1. The number of nitrogens with zero attached hydrogens (tertiary/aromatic N) is 4. The first-order valence-corrected chi connectivity index (χ1v) is 5.86.